The summed E-state index contributed by atoms with van der Waals surface area (Å²) >= 11 is 0. The monoisotopic (exact) mass is 536 g/mol. The van der Waals surface area contributed by atoms with Crippen molar-refractivity contribution in [2.24, 2.45) is 0 Å². The van der Waals surface area contributed by atoms with Crippen molar-refractivity contribution in [2.45, 2.75) is 30.1 Å². The molecule has 1 aliphatic rings. The fourth-order valence-corrected chi connectivity index (χ4v) is 5.48. The number of hydrogen-bond acceptors (Lipinski definition) is 6. The van der Waals surface area contributed by atoms with Crippen molar-refractivity contribution in [1.29, 1.82) is 0 Å². The molecule has 0 amide bonds. The molecule has 3 heterocycles. The number of ether oxygens (including phenoxy) is 2. The Morgan fingerprint density at radius 2 is 1.40 bits per heavy atom. The van der Waals surface area contributed by atoms with Gasteiger partial charge in [0.2, 0.25) is 0 Å². The van der Waals surface area contributed by atoms with Crippen molar-refractivity contribution in [3.63, 3.8) is 0 Å². The number of rotatable bonds is 8. The topological polar surface area (TPSA) is 111 Å². The first-order valence-electron chi connectivity index (χ1n) is 13.0. The molecule has 2 aromatic heterocycles. The van der Waals surface area contributed by atoms with Gasteiger partial charge in [-0.25, -0.2) is 4.79 Å². The number of H-pyrrole nitrogens is 1. The van der Waals surface area contributed by atoms with Gasteiger partial charge in [-0.2, -0.15) is 5.10 Å². The van der Waals surface area contributed by atoms with Crippen LogP contribution in [0, 0.1) is 0 Å². The first-order chi connectivity index (χ1) is 19.6. The molecular weight excluding hydrogens is 508 g/mol. The first kappa shape index (κ1) is 25.7. The second-order valence-electron chi connectivity index (χ2n) is 9.64. The summed E-state index contributed by atoms with van der Waals surface area (Å²) in [7, 11) is 0. The summed E-state index contributed by atoms with van der Waals surface area (Å²) in [5.41, 5.74) is 0.569. The maximum atomic E-state index is 12.6. The van der Waals surface area contributed by atoms with E-state index < -0.39 is 41.3 Å². The van der Waals surface area contributed by atoms with Gasteiger partial charge >= 0.3 is 5.69 Å². The van der Waals surface area contributed by atoms with Crippen molar-refractivity contribution in [3.05, 3.63) is 159 Å². The lowest BCUT2D eigenvalue weighted by molar-refractivity contribution is -0.0902. The number of nitrogens with one attached hydrogen (secondary N) is 1. The fourth-order valence-electron chi connectivity index (χ4n) is 5.48. The number of hydrogen-bond donors (Lipinski definition) is 2. The quantitative estimate of drug-likeness (QED) is 0.295. The molecule has 0 radical (unpaired) electrons. The minimum atomic E-state index is -1.16. The molecule has 0 unspecified atom stereocenters. The van der Waals surface area contributed by atoms with E-state index >= 15 is 0 Å². The molecule has 2 N–H and O–H groups in total. The molecule has 5 aromatic rings. The molecule has 1 fully saturated rings. The largest absolute Gasteiger partial charge is 0.386 e. The lowest BCUT2D eigenvalue weighted by Gasteiger charge is -2.37. The number of aliphatic hydroxyl groups is 1. The highest BCUT2D eigenvalue weighted by Gasteiger charge is 2.48. The van der Waals surface area contributed by atoms with E-state index in [9.17, 15) is 14.7 Å². The van der Waals surface area contributed by atoms with E-state index in [1.165, 1.54) is 16.8 Å². The van der Waals surface area contributed by atoms with Crippen LogP contribution < -0.4 is 11.2 Å². The van der Waals surface area contributed by atoms with Crippen LogP contribution in [0.4, 0.5) is 0 Å². The van der Waals surface area contributed by atoms with Crippen LogP contribution in [0.2, 0.25) is 0 Å². The van der Waals surface area contributed by atoms with Crippen molar-refractivity contribution in [2.75, 3.05) is 6.61 Å². The number of aromatic amines is 1. The van der Waals surface area contributed by atoms with Crippen molar-refractivity contribution in [1.82, 2.24) is 19.3 Å². The van der Waals surface area contributed by atoms with E-state index in [4.69, 9.17) is 9.47 Å². The summed E-state index contributed by atoms with van der Waals surface area (Å²) < 4.78 is 16.1. The van der Waals surface area contributed by atoms with Crippen LogP contribution in [0.15, 0.2) is 131 Å². The zero-order chi connectivity index (χ0) is 27.5. The fraction of sp³-hybridized carbons (Fsp3) is 0.194. The Bertz CT molecular complexity index is 1560. The van der Waals surface area contributed by atoms with E-state index in [0.717, 1.165) is 16.7 Å². The van der Waals surface area contributed by atoms with Gasteiger partial charge in [-0.3, -0.25) is 19.0 Å². The molecule has 9 heteroatoms. The molecule has 40 heavy (non-hydrogen) atoms. The van der Waals surface area contributed by atoms with Gasteiger partial charge in [0.1, 0.15) is 23.9 Å². The molecule has 9 nitrogen and oxygen atoms in total. The summed E-state index contributed by atoms with van der Waals surface area (Å²) in [5.74, 6) is 0. The van der Waals surface area contributed by atoms with Crippen LogP contribution >= 0.6 is 0 Å². The van der Waals surface area contributed by atoms with Crippen LogP contribution in [0.5, 0.6) is 0 Å². The zero-order valence-electron chi connectivity index (χ0n) is 21.5. The maximum absolute atomic E-state index is 12.6. The average molecular weight is 537 g/mol. The Balaban J connectivity index is 1.43. The summed E-state index contributed by atoms with van der Waals surface area (Å²) in [6.45, 7) is 0.0505. The molecule has 0 aliphatic carbocycles. The highest BCUT2D eigenvalue weighted by Crippen LogP contribution is 2.43. The Labute approximate surface area is 229 Å². The SMILES string of the molecule is O=c1ccn([C@@H]2O[C@H](COC(c3ccccc3)(c3ccccc3)c3ccccc3)[C@@H](n3cccn3)[C@@H]2O)c(=O)[nH]1. The highest BCUT2D eigenvalue weighted by molar-refractivity contribution is 5.47. The summed E-state index contributed by atoms with van der Waals surface area (Å²) in [5, 5.41) is 15.8. The van der Waals surface area contributed by atoms with Gasteiger partial charge in [-0.15, -0.1) is 0 Å². The smallest absolute Gasteiger partial charge is 0.330 e. The minimum absolute atomic E-state index is 0.0505. The van der Waals surface area contributed by atoms with Crippen molar-refractivity contribution in [3.8, 4) is 0 Å². The number of aliphatic hydroxyl groups excluding tert-OH is 1. The van der Waals surface area contributed by atoms with Gasteiger partial charge < -0.3 is 14.6 Å². The molecule has 1 saturated heterocycles. The van der Waals surface area contributed by atoms with Gasteiger partial charge in [0.25, 0.3) is 5.56 Å². The third-order valence-corrected chi connectivity index (χ3v) is 7.30. The lowest BCUT2D eigenvalue weighted by atomic mass is 9.80. The van der Waals surface area contributed by atoms with Crippen LogP contribution in [0.3, 0.4) is 0 Å². The van der Waals surface area contributed by atoms with Gasteiger partial charge in [0, 0.05) is 24.7 Å². The molecule has 1 aliphatic heterocycles. The predicted molar refractivity (Wildman–Crippen MR) is 148 cm³/mol. The maximum Gasteiger partial charge on any atom is 0.330 e. The highest BCUT2D eigenvalue weighted by atomic mass is 16.6. The van der Waals surface area contributed by atoms with Gasteiger partial charge in [0.05, 0.1) is 6.61 Å². The van der Waals surface area contributed by atoms with Crippen LogP contribution in [0.1, 0.15) is 29.0 Å². The third-order valence-electron chi connectivity index (χ3n) is 7.30. The Morgan fingerprint density at radius 3 is 1.90 bits per heavy atom. The summed E-state index contributed by atoms with van der Waals surface area (Å²) in [6.07, 6.45) is 1.76. The van der Waals surface area contributed by atoms with Crippen molar-refractivity contribution < 1.29 is 14.6 Å². The standard InChI is InChI=1S/C31H28N4O5/c36-26-17-20-34(30(38)33-26)29-28(37)27(35-19-10-18-32-35)25(40-29)21-39-31(22-11-4-1-5-12-22,23-13-6-2-7-14-23)24-15-8-3-9-16-24/h1-20,25,27-29,37H,21H2,(H,33,36,38)/t25-,27-,28+,29-/m1/s1. The van der Waals surface area contributed by atoms with Gasteiger partial charge in [-0.05, 0) is 22.8 Å². The minimum Gasteiger partial charge on any atom is -0.386 e. The van der Waals surface area contributed by atoms with E-state index in [0.29, 0.717) is 0 Å². The van der Waals surface area contributed by atoms with Crippen LogP contribution in [-0.4, -0.2) is 43.3 Å². The Hall–Kier alpha value is -4.57. The second kappa shape index (κ2) is 10.9. The summed E-state index contributed by atoms with van der Waals surface area (Å²) in [4.78, 5) is 26.5. The molecule has 4 atom stereocenters. The third kappa shape index (κ3) is 4.60. The zero-order valence-corrected chi connectivity index (χ0v) is 21.5. The number of aromatic nitrogens is 4. The molecule has 202 valence electrons. The molecule has 0 bridgehead atoms. The first-order valence-corrected chi connectivity index (χ1v) is 13.0. The Morgan fingerprint density at radius 1 is 0.825 bits per heavy atom. The van der Waals surface area contributed by atoms with Gasteiger partial charge in [-0.1, -0.05) is 91.0 Å². The van der Waals surface area contributed by atoms with Gasteiger partial charge in [0.15, 0.2) is 6.23 Å². The second-order valence-corrected chi connectivity index (χ2v) is 9.64. The van der Waals surface area contributed by atoms with Crippen molar-refractivity contribution >= 4 is 0 Å². The number of nitrogens with zero attached hydrogens (tertiary/aromatic N) is 3. The lowest BCUT2D eigenvalue weighted by Crippen LogP contribution is -2.38. The molecule has 0 spiro atoms. The summed E-state index contributed by atoms with van der Waals surface area (Å²) in [6, 6.07) is 32.2. The van der Waals surface area contributed by atoms with Crippen LogP contribution in [-0.2, 0) is 15.1 Å². The molecular formula is C31H28N4O5. The predicted octanol–water partition coefficient (Wildman–Crippen LogP) is 3.24. The molecule has 3 aromatic carbocycles. The molecule has 0 saturated carbocycles. The average Bonchev–Trinajstić information content (AvgIpc) is 3.63. The van der Waals surface area contributed by atoms with E-state index in [2.05, 4.69) is 10.1 Å². The Kier molecular flexibility index (Phi) is 7.00. The van der Waals surface area contributed by atoms with E-state index in [1.54, 1.807) is 23.1 Å². The van der Waals surface area contributed by atoms with E-state index in [-0.39, 0.29) is 6.61 Å². The van der Waals surface area contributed by atoms with E-state index in [1.807, 2.05) is 91.0 Å². The number of benzene rings is 3. The molecule has 6 rings (SSSR count). The van der Waals surface area contributed by atoms with Crippen LogP contribution in [0.25, 0.3) is 0 Å². The normalized spacial score (nSPS) is 20.9.